The van der Waals surface area contributed by atoms with Crippen molar-refractivity contribution >= 4 is 17.0 Å². The van der Waals surface area contributed by atoms with Gasteiger partial charge in [0, 0.05) is 17.5 Å². The SMILES string of the molecule is CC(C)[C@@H]1CC[C@@H](OC(=O)Cl)[C@H](C(C)(C)c2ccccc2)C1. The molecule has 1 aliphatic rings. The molecule has 1 aliphatic carbocycles. The van der Waals surface area contributed by atoms with Crippen LogP contribution in [0.1, 0.15) is 52.5 Å². The maximum absolute atomic E-state index is 11.3. The van der Waals surface area contributed by atoms with E-state index < -0.39 is 5.43 Å². The van der Waals surface area contributed by atoms with Crippen LogP contribution in [0.5, 0.6) is 0 Å². The number of carbonyl (C=O) groups excluding carboxylic acids is 1. The first kappa shape index (κ1) is 17.3. The second-order valence-corrected chi connectivity index (χ2v) is 7.71. The average Bonchev–Trinajstić information content (AvgIpc) is 2.47. The summed E-state index contributed by atoms with van der Waals surface area (Å²) in [6.07, 6.45) is 3.00. The number of rotatable bonds is 4. The van der Waals surface area contributed by atoms with Crippen LogP contribution in [0.4, 0.5) is 4.79 Å². The first-order valence-corrected chi connectivity index (χ1v) is 8.61. The molecular weight excluding hydrogens is 296 g/mol. The van der Waals surface area contributed by atoms with Crippen LogP contribution < -0.4 is 0 Å². The molecule has 0 heterocycles. The molecule has 1 aromatic rings. The van der Waals surface area contributed by atoms with Crippen LogP contribution in [0.3, 0.4) is 0 Å². The number of carbonyl (C=O) groups is 1. The van der Waals surface area contributed by atoms with Gasteiger partial charge in [0.25, 0.3) is 0 Å². The van der Waals surface area contributed by atoms with Gasteiger partial charge in [0.2, 0.25) is 0 Å². The molecule has 0 bridgehead atoms. The molecule has 3 heteroatoms. The summed E-state index contributed by atoms with van der Waals surface area (Å²) in [4.78, 5) is 11.3. The minimum Gasteiger partial charge on any atom is -0.450 e. The Morgan fingerprint density at radius 3 is 2.41 bits per heavy atom. The molecule has 1 aromatic carbocycles. The molecule has 0 aromatic heterocycles. The molecule has 1 saturated carbocycles. The van der Waals surface area contributed by atoms with E-state index in [-0.39, 0.29) is 11.5 Å². The quantitative estimate of drug-likeness (QED) is 0.657. The molecule has 0 radical (unpaired) electrons. The molecule has 0 aliphatic heterocycles. The van der Waals surface area contributed by atoms with Crippen molar-refractivity contribution in [1.82, 2.24) is 0 Å². The van der Waals surface area contributed by atoms with Gasteiger partial charge in [-0.25, -0.2) is 4.79 Å². The van der Waals surface area contributed by atoms with Crippen LogP contribution in [0.15, 0.2) is 30.3 Å². The molecule has 122 valence electrons. The minimum absolute atomic E-state index is 0.0498. The second-order valence-electron chi connectivity index (χ2n) is 7.41. The van der Waals surface area contributed by atoms with Gasteiger partial charge < -0.3 is 4.74 Å². The van der Waals surface area contributed by atoms with Gasteiger partial charge in [-0.15, -0.1) is 0 Å². The fourth-order valence-electron chi connectivity index (χ4n) is 3.88. The lowest BCUT2D eigenvalue weighted by molar-refractivity contribution is -0.00177. The molecule has 3 atom stereocenters. The zero-order chi connectivity index (χ0) is 16.3. The average molecular weight is 323 g/mol. The van der Waals surface area contributed by atoms with Crippen LogP contribution in [0, 0.1) is 17.8 Å². The largest absolute Gasteiger partial charge is 0.450 e. The van der Waals surface area contributed by atoms with Crippen molar-refractivity contribution in [2.24, 2.45) is 17.8 Å². The van der Waals surface area contributed by atoms with Gasteiger partial charge in [0.1, 0.15) is 6.10 Å². The summed E-state index contributed by atoms with van der Waals surface area (Å²) in [5.74, 6) is 1.62. The molecule has 1 fully saturated rings. The molecule has 0 spiro atoms. The van der Waals surface area contributed by atoms with Crippen LogP contribution in [0.25, 0.3) is 0 Å². The van der Waals surface area contributed by atoms with E-state index in [1.54, 1.807) is 0 Å². The zero-order valence-electron chi connectivity index (χ0n) is 14.0. The van der Waals surface area contributed by atoms with E-state index in [0.29, 0.717) is 17.8 Å². The van der Waals surface area contributed by atoms with Crippen molar-refractivity contribution in [2.45, 2.75) is 58.5 Å². The van der Waals surface area contributed by atoms with Gasteiger partial charge in [0.05, 0.1) is 0 Å². The Morgan fingerprint density at radius 1 is 1.23 bits per heavy atom. The molecule has 2 rings (SSSR count). The first-order valence-electron chi connectivity index (χ1n) is 8.24. The van der Waals surface area contributed by atoms with E-state index in [0.717, 1.165) is 19.3 Å². The molecule has 0 unspecified atom stereocenters. The maximum Gasteiger partial charge on any atom is 0.404 e. The van der Waals surface area contributed by atoms with E-state index in [1.165, 1.54) is 5.56 Å². The highest BCUT2D eigenvalue weighted by Gasteiger charge is 2.43. The summed E-state index contributed by atoms with van der Waals surface area (Å²) < 4.78 is 5.47. The minimum atomic E-state index is -0.679. The normalized spacial score (nSPS) is 26.0. The third-order valence-corrected chi connectivity index (χ3v) is 5.55. The highest BCUT2D eigenvalue weighted by Crippen LogP contribution is 2.45. The fourth-order valence-corrected chi connectivity index (χ4v) is 4.00. The second kappa shape index (κ2) is 7.04. The van der Waals surface area contributed by atoms with Gasteiger partial charge in [-0.3, -0.25) is 0 Å². The van der Waals surface area contributed by atoms with Crippen molar-refractivity contribution < 1.29 is 9.53 Å². The summed E-state index contributed by atoms with van der Waals surface area (Å²) >= 11 is 5.51. The summed E-state index contributed by atoms with van der Waals surface area (Å²) in [6, 6.07) is 10.5. The van der Waals surface area contributed by atoms with Crippen molar-refractivity contribution in [1.29, 1.82) is 0 Å². The monoisotopic (exact) mass is 322 g/mol. The third-order valence-electron chi connectivity index (χ3n) is 5.46. The summed E-state index contributed by atoms with van der Waals surface area (Å²) in [5, 5.41) is 0. The van der Waals surface area contributed by atoms with E-state index in [1.807, 2.05) is 6.07 Å². The van der Waals surface area contributed by atoms with Crippen molar-refractivity contribution in [3.05, 3.63) is 35.9 Å². The Bertz CT molecular complexity index is 495. The van der Waals surface area contributed by atoms with E-state index in [9.17, 15) is 4.79 Å². The first-order chi connectivity index (χ1) is 10.3. The summed E-state index contributed by atoms with van der Waals surface area (Å²) in [7, 11) is 0. The number of benzene rings is 1. The summed E-state index contributed by atoms with van der Waals surface area (Å²) in [5.41, 5.74) is 0.563. The molecule has 0 N–H and O–H groups in total. The van der Waals surface area contributed by atoms with Crippen molar-refractivity contribution in [2.75, 3.05) is 0 Å². The van der Waals surface area contributed by atoms with Crippen LogP contribution in [-0.4, -0.2) is 11.5 Å². The molecular formula is C19H27ClO2. The van der Waals surface area contributed by atoms with Crippen LogP contribution in [-0.2, 0) is 10.2 Å². The zero-order valence-corrected chi connectivity index (χ0v) is 14.8. The molecule has 0 amide bonds. The topological polar surface area (TPSA) is 26.3 Å². The van der Waals surface area contributed by atoms with E-state index >= 15 is 0 Å². The van der Waals surface area contributed by atoms with Crippen molar-refractivity contribution in [3.63, 3.8) is 0 Å². The van der Waals surface area contributed by atoms with Gasteiger partial charge >= 0.3 is 5.43 Å². The van der Waals surface area contributed by atoms with Gasteiger partial charge in [-0.1, -0.05) is 58.0 Å². The third kappa shape index (κ3) is 3.84. The van der Waals surface area contributed by atoms with Gasteiger partial charge in [0.15, 0.2) is 0 Å². The lowest BCUT2D eigenvalue weighted by Gasteiger charge is -2.45. The van der Waals surface area contributed by atoms with Crippen LogP contribution >= 0.6 is 11.6 Å². The van der Waals surface area contributed by atoms with Gasteiger partial charge in [-0.05, 0) is 42.1 Å². The molecule has 0 saturated heterocycles. The number of ether oxygens (including phenoxy) is 1. The van der Waals surface area contributed by atoms with Crippen molar-refractivity contribution in [3.8, 4) is 0 Å². The molecule has 2 nitrogen and oxygen atoms in total. The number of hydrogen-bond donors (Lipinski definition) is 0. The standard InChI is InChI=1S/C19H27ClO2/c1-13(2)14-10-11-17(22-18(20)21)16(12-14)19(3,4)15-8-6-5-7-9-15/h5-9,13-14,16-17H,10-12H2,1-4H3/t14-,16-,17-/m1/s1. The Morgan fingerprint density at radius 2 is 1.86 bits per heavy atom. The van der Waals surface area contributed by atoms with Crippen LogP contribution in [0.2, 0.25) is 0 Å². The van der Waals surface area contributed by atoms with E-state index in [2.05, 4.69) is 52.0 Å². The number of hydrogen-bond acceptors (Lipinski definition) is 2. The van der Waals surface area contributed by atoms with Gasteiger partial charge in [-0.2, -0.15) is 0 Å². The predicted octanol–water partition coefficient (Wildman–Crippen LogP) is 5.78. The smallest absolute Gasteiger partial charge is 0.404 e. The Kier molecular flexibility index (Phi) is 5.55. The highest BCUT2D eigenvalue weighted by atomic mass is 35.5. The fraction of sp³-hybridized carbons (Fsp3) is 0.632. The Hall–Kier alpha value is -1.02. The molecule has 22 heavy (non-hydrogen) atoms. The highest BCUT2D eigenvalue weighted by molar-refractivity contribution is 6.61. The van der Waals surface area contributed by atoms with E-state index in [4.69, 9.17) is 16.3 Å². The Balaban J connectivity index is 2.29. The maximum atomic E-state index is 11.3. The lowest BCUT2D eigenvalue weighted by atomic mass is 9.62. The Labute approximate surface area is 139 Å². The predicted molar refractivity (Wildman–Crippen MR) is 91.3 cm³/mol. The number of halogens is 1. The summed E-state index contributed by atoms with van der Waals surface area (Å²) in [6.45, 7) is 9.08. The lowest BCUT2D eigenvalue weighted by Crippen LogP contribution is -2.44.